The summed E-state index contributed by atoms with van der Waals surface area (Å²) in [6.07, 6.45) is 2.36. The quantitative estimate of drug-likeness (QED) is 0.593. The summed E-state index contributed by atoms with van der Waals surface area (Å²) in [5.74, 6) is 1.36. The summed E-state index contributed by atoms with van der Waals surface area (Å²) in [4.78, 5) is 16.7. The Balaban J connectivity index is 1.55. The molecule has 0 aliphatic rings. The predicted molar refractivity (Wildman–Crippen MR) is 114 cm³/mol. The molecule has 0 unspecified atom stereocenters. The average molecular weight is 396 g/mol. The van der Waals surface area contributed by atoms with Gasteiger partial charge in [-0.1, -0.05) is 35.9 Å². The number of para-hydroxylation sites is 1. The molecule has 1 amide bonds. The largest absolute Gasteiger partial charge is 0.496 e. The molecule has 144 valence electrons. The van der Waals surface area contributed by atoms with Crippen LogP contribution in [-0.4, -0.2) is 24.5 Å². The van der Waals surface area contributed by atoms with Gasteiger partial charge in [0.05, 0.1) is 12.7 Å². The molecule has 0 atom stereocenters. The van der Waals surface area contributed by atoms with Crippen LogP contribution in [-0.2, 0) is 6.42 Å². The Kier molecular flexibility index (Phi) is 6.50. The number of halogens is 1. The first kappa shape index (κ1) is 19.7. The third-order valence-corrected chi connectivity index (χ3v) is 4.76. The number of benzene rings is 2. The normalized spacial score (nSPS) is 10.4. The number of methoxy groups -OCH3 is 1. The smallest absolute Gasteiger partial charge is 0.257 e. The van der Waals surface area contributed by atoms with Gasteiger partial charge >= 0.3 is 0 Å². The van der Waals surface area contributed by atoms with E-state index in [-0.39, 0.29) is 5.91 Å². The minimum Gasteiger partial charge on any atom is -0.496 e. The summed E-state index contributed by atoms with van der Waals surface area (Å²) in [6, 6.07) is 16.9. The van der Waals surface area contributed by atoms with Crippen molar-refractivity contribution in [3.05, 3.63) is 82.5 Å². The first-order valence-corrected chi connectivity index (χ1v) is 9.34. The van der Waals surface area contributed by atoms with Crippen LogP contribution in [0.3, 0.4) is 0 Å². The van der Waals surface area contributed by atoms with E-state index in [0.717, 1.165) is 23.3 Å². The van der Waals surface area contributed by atoms with Crippen molar-refractivity contribution in [2.24, 2.45) is 0 Å². The van der Waals surface area contributed by atoms with Gasteiger partial charge in [-0.15, -0.1) is 0 Å². The topological polar surface area (TPSA) is 63.2 Å². The number of amides is 1. The minimum atomic E-state index is -0.229. The average Bonchev–Trinajstić information content (AvgIpc) is 2.71. The predicted octanol–water partition coefficient (Wildman–Crippen LogP) is 4.96. The number of hydrogen-bond acceptors (Lipinski definition) is 4. The Labute approximate surface area is 169 Å². The number of aromatic nitrogens is 1. The highest BCUT2D eigenvalue weighted by molar-refractivity contribution is 6.31. The molecular weight excluding hydrogens is 374 g/mol. The SMILES string of the molecule is COc1ccccc1CCNc1ccc(C(=O)Nc2ccc(C)c(Cl)c2)cn1. The van der Waals surface area contributed by atoms with Crippen molar-refractivity contribution in [1.29, 1.82) is 0 Å². The van der Waals surface area contributed by atoms with Crippen LogP contribution in [0.15, 0.2) is 60.8 Å². The highest BCUT2D eigenvalue weighted by atomic mass is 35.5. The van der Waals surface area contributed by atoms with Crippen molar-refractivity contribution in [1.82, 2.24) is 4.98 Å². The van der Waals surface area contributed by atoms with Gasteiger partial charge in [0.2, 0.25) is 0 Å². The maximum absolute atomic E-state index is 12.4. The Bertz CT molecular complexity index is 958. The van der Waals surface area contributed by atoms with Crippen LogP contribution in [0.4, 0.5) is 11.5 Å². The molecule has 0 aliphatic heterocycles. The van der Waals surface area contributed by atoms with E-state index in [2.05, 4.69) is 15.6 Å². The van der Waals surface area contributed by atoms with E-state index in [4.69, 9.17) is 16.3 Å². The zero-order valence-corrected chi connectivity index (χ0v) is 16.6. The maximum atomic E-state index is 12.4. The van der Waals surface area contributed by atoms with Gasteiger partial charge in [-0.25, -0.2) is 4.98 Å². The summed E-state index contributed by atoms with van der Waals surface area (Å²) in [6.45, 7) is 2.62. The molecule has 0 radical (unpaired) electrons. The molecular formula is C22H22ClN3O2. The van der Waals surface area contributed by atoms with Crippen molar-refractivity contribution < 1.29 is 9.53 Å². The third-order valence-electron chi connectivity index (χ3n) is 4.35. The van der Waals surface area contributed by atoms with Gasteiger partial charge in [0, 0.05) is 23.5 Å². The monoisotopic (exact) mass is 395 g/mol. The van der Waals surface area contributed by atoms with Gasteiger partial charge in [-0.3, -0.25) is 4.79 Å². The molecule has 5 nitrogen and oxygen atoms in total. The van der Waals surface area contributed by atoms with Gasteiger partial charge in [0.1, 0.15) is 11.6 Å². The molecule has 0 saturated heterocycles. The Morgan fingerprint density at radius 1 is 1.14 bits per heavy atom. The molecule has 0 saturated carbocycles. The van der Waals surface area contributed by atoms with E-state index < -0.39 is 0 Å². The highest BCUT2D eigenvalue weighted by Crippen LogP contribution is 2.21. The van der Waals surface area contributed by atoms with Crippen molar-refractivity contribution in [3.63, 3.8) is 0 Å². The number of pyridine rings is 1. The standard InChI is InChI=1S/C22H22ClN3O2/c1-15-7-9-18(13-19(15)23)26-22(27)17-8-10-21(25-14-17)24-12-11-16-5-3-4-6-20(16)28-2/h3-10,13-14H,11-12H2,1-2H3,(H,24,25)(H,26,27). The zero-order chi connectivity index (χ0) is 19.9. The van der Waals surface area contributed by atoms with Gasteiger partial charge in [0.25, 0.3) is 5.91 Å². The summed E-state index contributed by atoms with van der Waals surface area (Å²) in [5, 5.41) is 6.70. The number of nitrogens with one attached hydrogen (secondary N) is 2. The van der Waals surface area contributed by atoms with Crippen molar-refractivity contribution in [2.45, 2.75) is 13.3 Å². The fourth-order valence-corrected chi connectivity index (χ4v) is 2.92. The third kappa shape index (κ3) is 5.02. The second kappa shape index (κ2) is 9.24. The lowest BCUT2D eigenvalue weighted by atomic mass is 10.1. The Morgan fingerprint density at radius 2 is 1.96 bits per heavy atom. The van der Waals surface area contributed by atoms with Gasteiger partial charge in [-0.05, 0) is 54.8 Å². The first-order valence-electron chi connectivity index (χ1n) is 8.96. The number of nitrogens with zero attached hydrogens (tertiary/aromatic N) is 1. The van der Waals surface area contributed by atoms with Crippen LogP contribution in [0, 0.1) is 6.92 Å². The molecule has 1 aromatic heterocycles. The summed E-state index contributed by atoms with van der Waals surface area (Å²) in [5.41, 5.74) is 3.22. The van der Waals surface area contributed by atoms with Crippen molar-refractivity contribution in [3.8, 4) is 5.75 Å². The number of carbonyl (C=O) groups is 1. The van der Waals surface area contributed by atoms with Gasteiger partial charge in [-0.2, -0.15) is 0 Å². The number of rotatable bonds is 7. The number of ether oxygens (including phenoxy) is 1. The van der Waals surface area contributed by atoms with E-state index >= 15 is 0 Å². The van der Waals surface area contributed by atoms with Crippen LogP contribution in [0.5, 0.6) is 5.75 Å². The van der Waals surface area contributed by atoms with Crippen LogP contribution < -0.4 is 15.4 Å². The highest BCUT2D eigenvalue weighted by Gasteiger charge is 2.08. The summed E-state index contributed by atoms with van der Waals surface area (Å²) >= 11 is 6.10. The van der Waals surface area contributed by atoms with Crippen LogP contribution in [0.1, 0.15) is 21.5 Å². The Morgan fingerprint density at radius 3 is 2.68 bits per heavy atom. The lowest BCUT2D eigenvalue weighted by Crippen LogP contribution is -2.13. The summed E-state index contributed by atoms with van der Waals surface area (Å²) < 4.78 is 5.36. The Hall–Kier alpha value is -3.05. The van der Waals surface area contributed by atoms with Crippen molar-refractivity contribution in [2.75, 3.05) is 24.3 Å². The second-order valence-corrected chi connectivity index (χ2v) is 6.75. The van der Waals surface area contributed by atoms with Gasteiger partial charge in [0.15, 0.2) is 0 Å². The molecule has 6 heteroatoms. The molecule has 2 N–H and O–H groups in total. The molecule has 3 rings (SSSR count). The molecule has 1 heterocycles. The molecule has 3 aromatic rings. The number of anilines is 2. The fraction of sp³-hybridized carbons (Fsp3) is 0.182. The van der Waals surface area contributed by atoms with E-state index in [9.17, 15) is 4.79 Å². The van der Waals surface area contributed by atoms with E-state index in [0.29, 0.717) is 28.6 Å². The van der Waals surface area contributed by atoms with Gasteiger partial charge < -0.3 is 15.4 Å². The van der Waals surface area contributed by atoms with Crippen LogP contribution in [0.25, 0.3) is 0 Å². The van der Waals surface area contributed by atoms with E-state index in [1.807, 2.05) is 43.3 Å². The second-order valence-electron chi connectivity index (χ2n) is 6.34. The number of hydrogen-bond donors (Lipinski definition) is 2. The fourth-order valence-electron chi connectivity index (χ4n) is 2.74. The lowest BCUT2D eigenvalue weighted by Gasteiger charge is -2.10. The summed E-state index contributed by atoms with van der Waals surface area (Å²) in [7, 11) is 1.67. The molecule has 28 heavy (non-hydrogen) atoms. The lowest BCUT2D eigenvalue weighted by molar-refractivity contribution is 0.102. The van der Waals surface area contributed by atoms with Crippen molar-refractivity contribution >= 4 is 29.0 Å². The van der Waals surface area contributed by atoms with Crippen LogP contribution in [0.2, 0.25) is 5.02 Å². The maximum Gasteiger partial charge on any atom is 0.257 e. The number of carbonyl (C=O) groups excluding carboxylic acids is 1. The molecule has 0 bridgehead atoms. The molecule has 0 spiro atoms. The first-order chi connectivity index (χ1) is 13.6. The molecule has 0 aliphatic carbocycles. The number of aryl methyl sites for hydroxylation is 1. The zero-order valence-electron chi connectivity index (χ0n) is 15.8. The minimum absolute atomic E-state index is 0.229. The van der Waals surface area contributed by atoms with E-state index in [1.54, 1.807) is 31.5 Å². The van der Waals surface area contributed by atoms with E-state index in [1.165, 1.54) is 0 Å². The molecule has 0 fully saturated rings. The molecule has 2 aromatic carbocycles. The van der Waals surface area contributed by atoms with Crippen LogP contribution >= 0.6 is 11.6 Å².